The van der Waals surface area contributed by atoms with Crippen molar-refractivity contribution in [1.82, 2.24) is 10.2 Å². The maximum Gasteiger partial charge on any atom is 0.243 e. The molecular weight excluding hydrogens is 447 g/mol. The molecule has 0 heterocycles. The van der Waals surface area contributed by atoms with E-state index in [1.165, 1.54) is 23.9 Å². The fraction of sp³-hybridized carbons (Fsp3) is 0.286. The van der Waals surface area contributed by atoms with Crippen molar-refractivity contribution in [2.45, 2.75) is 38.1 Å². The summed E-state index contributed by atoms with van der Waals surface area (Å²) in [5.74, 6) is 0.315. The van der Waals surface area contributed by atoms with E-state index in [-0.39, 0.29) is 23.4 Å². The highest BCUT2D eigenvalue weighted by Crippen LogP contribution is 2.18. The molecular formula is C28H31FN2O2S. The van der Waals surface area contributed by atoms with Crippen LogP contribution in [0.1, 0.15) is 30.0 Å². The highest BCUT2D eigenvalue weighted by atomic mass is 32.2. The lowest BCUT2D eigenvalue weighted by Crippen LogP contribution is -2.51. The Morgan fingerprint density at radius 2 is 1.50 bits per heavy atom. The van der Waals surface area contributed by atoms with Crippen LogP contribution in [0.5, 0.6) is 0 Å². The Labute approximate surface area is 205 Å². The van der Waals surface area contributed by atoms with Crippen molar-refractivity contribution < 1.29 is 14.0 Å². The van der Waals surface area contributed by atoms with Gasteiger partial charge in [0, 0.05) is 25.3 Å². The number of benzene rings is 3. The molecule has 3 aromatic carbocycles. The fourth-order valence-corrected chi connectivity index (χ4v) is 4.49. The quantitative estimate of drug-likeness (QED) is 0.388. The zero-order valence-corrected chi connectivity index (χ0v) is 20.3. The summed E-state index contributed by atoms with van der Waals surface area (Å²) in [6, 6.07) is 25.2. The maximum atomic E-state index is 13.5. The topological polar surface area (TPSA) is 49.4 Å². The van der Waals surface area contributed by atoms with E-state index < -0.39 is 6.04 Å². The van der Waals surface area contributed by atoms with E-state index in [4.69, 9.17) is 0 Å². The van der Waals surface area contributed by atoms with Crippen LogP contribution < -0.4 is 5.32 Å². The van der Waals surface area contributed by atoms with Crippen LogP contribution in [-0.4, -0.2) is 35.1 Å². The standard InChI is InChI=1S/C28H31FN2O2S/c1-2-17-30-28(33)26(18-22-9-5-3-6-10-22)31(19-23-11-7-4-8-12-23)27(32)21-34-20-24-13-15-25(29)16-14-24/h3-16,26H,2,17-21H2,1H3,(H,30,33)/t26-/m0/s1. The number of nitrogens with one attached hydrogen (secondary N) is 1. The van der Waals surface area contributed by atoms with Crippen molar-refractivity contribution in [3.63, 3.8) is 0 Å². The maximum absolute atomic E-state index is 13.5. The van der Waals surface area contributed by atoms with Crippen LogP contribution in [0.25, 0.3) is 0 Å². The second kappa shape index (κ2) is 13.6. The van der Waals surface area contributed by atoms with E-state index >= 15 is 0 Å². The van der Waals surface area contributed by atoms with Crippen molar-refractivity contribution in [3.05, 3.63) is 107 Å². The number of amides is 2. The Kier molecular flexibility index (Phi) is 10.2. The minimum absolute atomic E-state index is 0.0939. The third-order valence-corrected chi connectivity index (χ3v) is 6.41. The van der Waals surface area contributed by atoms with Gasteiger partial charge in [-0.3, -0.25) is 9.59 Å². The molecule has 3 aromatic rings. The lowest BCUT2D eigenvalue weighted by atomic mass is 10.0. The van der Waals surface area contributed by atoms with Gasteiger partial charge in [0.05, 0.1) is 5.75 Å². The summed E-state index contributed by atoms with van der Waals surface area (Å²) >= 11 is 1.47. The molecule has 0 saturated carbocycles. The highest BCUT2D eigenvalue weighted by molar-refractivity contribution is 7.99. The number of thioether (sulfide) groups is 1. The van der Waals surface area contributed by atoms with Gasteiger partial charge in [-0.15, -0.1) is 11.8 Å². The molecule has 2 amide bonds. The molecule has 0 aliphatic carbocycles. The van der Waals surface area contributed by atoms with E-state index in [9.17, 15) is 14.0 Å². The van der Waals surface area contributed by atoms with Gasteiger partial charge >= 0.3 is 0 Å². The predicted octanol–water partition coefficient (Wildman–Crippen LogP) is 5.23. The van der Waals surface area contributed by atoms with Gasteiger partial charge in [0.15, 0.2) is 0 Å². The van der Waals surface area contributed by atoms with Crippen molar-refractivity contribution in [2.75, 3.05) is 12.3 Å². The van der Waals surface area contributed by atoms with E-state index in [0.29, 0.717) is 25.3 Å². The number of carbonyl (C=O) groups is 2. The largest absolute Gasteiger partial charge is 0.354 e. The zero-order chi connectivity index (χ0) is 24.2. The molecule has 6 heteroatoms. The lowest BCUT2D eigenvalue weighted by Gasteiger charge is -2.31. The van der Waals surface area contributed by atoms with E-state index in [1.54, 1.807) is 17.0 Å². The average molecular weight is 479 g/mol. The van der Waals surface area contributed by atoms with Gasteiger partial charge in [0.2, 0.25) is 11.8 Å². The molecule has 0 aromatic heterocycles. The smallest absolute Gasteiger partial charge is 0.243 e. The summed E-state index contributed by atoms with van der Waals surface area (Å²) < 4.78 is 13.2. The van der Waals surface area contributed by atoms with Crippen LogP contribution in [0.3, 0.4) is 0 Å². The molecule has 4 nitrogen and oxygen atoms in total. The summed E-state index contributed by atoms with van der Waals surface area (Å²) in [5, 5.41) is 2.99. The summed E-state index contributed by atoms with van der Waals surface area (Å²) in [6.07, 6.45) is 1.27. The fourth-order valence-electron chi connectivity index (χ4n) is 3.62. The number of hydrogen-bond acceptors (Lipinski definition) is 3. The first kappa shape index (κ1) is 25.5. The third kappa shape index (κ3) is 8.03. The van der Waals surface area contributed by atoms with E-state index in [2.05, 4.69) is 5.32 Å². The molecule has 0 unspecified atom stereocenters. The Bertz CT molecular complexity index is 1030. The van der Waals surface area contributed by atoms with Gasteiger partial charge in [-0.2, -0.15) is 0 Å². The average Bonchev–Trinajstić information content (AvgIpc) is 2.87. The first-order valence-electron chi connectivity index (χ1n) is 11.5. The van der Waals surface area contributed by atoms with Crippen molar-refractivity contribution in [3.8, 4) is 0 Å². The molecule has 0 bridgehead atoms. The van der Waals surface area contributed by atoms with E-state index in [1.807, 2.05) is 67.6 Å². The summed E-state index contributed by atoms with van der Waals surface area (Å²) in [7, 11) is 0. The number of carbonyl (C=O) groups excluding carboxylic acids is 2. The summed E-state index contributed by atoms with van der Waals surface area (Å²) in [4.78, 5) is 28.4. The number of halogens is 1. The Morgan fingerprint density at radius 3 is 2.12 bits per heavy atom. The van der Waals surface area contributed by atoms with Crippen molar-refractivity contribution in [2.24, 2.45) is 0 Å². The first-order chi connectivity index (χ1) is 16.6. The van der Waals surface area contributed by atoms with Crippen molar-refractivity contribution >= 4 is 23.6 Å². The SMILES string of the molecule is CCCNC(=O)[C@H](Cc1ccccc1)N(Cc1ccccc1)C(=O)CSCc1ccc(F)cc1. The second-order valence-electron chi connectivity index (χ2n) is 8.12. The monoisotopic (exact) mass is 478 g/mol. The van der Waals surface area contributed by atoms with Crippen LogP contribution >= 0.6 is 11.8 Å². The Hall–Kier alpha value is -3.12. The predicted molar refractivity (Wildman–Crippen MR) is 137 cm³/mol. The van der Waals surface area contributed by atoms with Crippen LogP contribution in [0, 0.1) is 5.82 Å². The second-order valence-corrected chi connectivity index (χ2v) is 9.11. The van der Waals surface area contributed by atoms with Crippen LogP contribution in [-0.2, 0) is 28.3 Å². The Morgan fingerprint density at radius 1 is 0.882 bits per heavy atom. The van der Waals surface area contributed by atoms with Gasteiger partial charge in [0.1, 0.15) is 11.9 Å². The van der Waals surface area contributed by atoms with Crippen LogP contribution in [0.15, 0.2) is 84.9 Å². The van der Waals surface area contributed by atoms with Gasteiger partial charge in [-0.05, 0) is 35.2 Å². The first-order valence-corrected chi connectivity index (χ1v) is 12.7. The molecule has 3 rings (SSSR count). The number of rotatable bonds is 12. The molecule has 0 spiro atoms. The molecule has 0 aliphatic heterocycles. The molecule has 0 aliphatic rings. The molecule has 0 radical (unpaired) electrons. The molecule has 34 heavy (non-hydrogen) atoms. The summed E-state index contributed by atoms with van der Waals surface area (Å²) in [6.45, 7) is 2.93. The summed E-state index contributed by atoms with van der Waals surface area (Å²) in [5.41, 5.74) is 2.93. The van der Waals surface area contributed by atoms with Crippen molar-refractivity contribution in [1.29, 1.82) is 0 Å². The molecule has 1 atom stereocenters. The molecule has 0 fully saturated rings. The number of hydrogen-bond donors (Lipinski definition) is 1. The third-order valence-electron chi connectivity index (χ3n) is 5.42. The van der Waals surface area contributed by atoms with Crippen LogP contribution in [0.2, 0.25) is 0 Å². The molecule has 1 N–H and O–H groups in total. The minimum Gasteiger partial charge on any atom is -0.354 e. The van der Waals surface area contributed by atoms with Crippen LogP contribution in [0.4, 0.5) is 4.39 Å². The number of nitrogens with zero attached hydrogens (tertiary/aromatic N) is 1. The normalized spacial score (nSPS) is 11.6. The Balaban J connectivity index is 1.79. The van der Waals surface area contributed by atoms with Gasteiger partial charge in [0.25, 0.3) is 0 Å². The van der Waals surface area contributed by atoms with Gasteiger partial charge < -0.3 is 10.2 Å². The molecule has 178 valence electrons. The molecule has 0 saturated heterocycles. The minimum atomic E-state index is -0.618. The zero-order valence-electron chi connectivity index (χ0n) is 19.5. The van der Waals surface area contributed by atoms with E-state index in [0.717, 1.165) is 23.1 Å². The van der Waals surface area contributed by atoms with Gasteiger partial charge in [-0.1, -0.05) is 79.7 Å². The van der Waals surface area contributed by atoms with Gasteiger partial charge in [-0.25, -0.2) is 4.39 Å². The highest BCUT2D eigenvalue weighted by Gasteiger charge is 2.30. The lowest BCUT2D eigenvalue weighted by molar-refractivity contribution is -0.139.